The average molecular weight is 277 g/mol. The van der Waals surface area contributed by atoms with E-state index in [1.165, 1.54) is 0 Å². The van der Waals surface area contributed by atoms with E-state index in [-0.39, 0.29) is 24.1 Å². The lowest BCUT2D eigenvalue weighted by molar-refractivity contribution is 0.0642. The zero-order chi connectivity index (χ0) is 15.3. The lowest BCUT2D eigenvalue weighted by atomic mass is 9.99. The van der Waals surface area contributed by atoms with Crippen LogP contribution in [0.15, 0.2) is 24.3 Å². The number of carbonyl (C=O) groups excluding carboxylic acids is 1. The second-order valence-electron chi connectivity index (χ2n) is 5.94. The van der Waals surface area contributed by atoms with Crippen molar-refractivity contribution in [3.8, 4) is 0 Å². The highest BCUT2D eigenvalue weighted by molar-refractivity contribution is 5.96. The van der Waals surface area contributed by atoms with Crippen LogP contribution in [0.1, 0.15) is 57.0 Å². The van der Waals surface area contributed by atoms with E-state index in [4.69, 9.17) is 0 Å². The number of hydrogen-bond acceptors (Lipinski definition) is 2. The zero-order valence-electron chi connectivity index (χ0n) is 13.3. The topological polar surface area (TPSA) is 40.5 Å². The third kappa shape index (κ3) is 4.34. The molecular formula is C17H27NO2. The smallest absolute Gasteiger partial charge is 0.254 e. The molecule has 0 spiro atoms. The number of nitrogens with zero attached hydrogens (tertiary/aromatic N) is 1. The van der Waals surface area contributed by atoms with Crippen LogP contribution in [-0.4, -0.2) is 34.1 Å². The van der Waals surface area contributed by atoms with E-state index < -0.39 is 0 Å². The molecule has 112 valence electrons. The van der Waals surface area contributed by atoms with Crippen molar-refractivity contribution in [2.45, 2.75) is 65.6 Å². The Morgan fingerprint density at radius 1 is 1.10 bits per heavy atom. The summed E-state index contributed by atoms with van der Waals surface area (Å²) < 4.78 is 0. The number of carbonyl (C=O) groups is 1. The Kier molecular flexibility index (Phi) is 6.21. The molecule has 1 N–H and O–H groups in total. The summed E-state index contributed by atoms with van der Waals surface area (Å²) in [5.74, 6) is 0.0798. The largest absolute Gasteiger partial charge is 0.393 e. The van der Waals surface area contributed by atoms with Crippen molar-refractivity contribution in [3.05, 3.63) is 35.4 Å². The van der Waals surface area contributed by atoms with Crippen molar-refractivity contribution in [1.82, 2.24) is 4.90 Å². The van der Waals surface area contributed by atoms with Crippen LogP contribution < -0.4 is 0 Å². The molecule has 1 atom stereocenters. The summed E-state index contributed by atoms with van der Waals surface area (Å²) in [5.41, 5.74) is 1.78. The first-order valence-corrected chi connectivity index (χ1v) is 7.43. The molecule has 1 aromatic rings. The molecule has 0 fully saturated rings. The SMILES string of the molecule is CC(O)CCc1ccccc1C(=O)N(C(C)C)C(C)C. The highest BCUT2D eigenvalue weighted by Crippen LogP contribution is 2.18. The van der Waals surface area contributed by atoms with Crippen molar-refractivity contribution in [2.24, 2.45) is 0 Å². The summed E-state index contributed by atoms with van der Waals surface area (Å²) in [7, 11) is 0. The molecule has 20 heavy (non-hydrogen) atoms. The van der Waals surface area contributed by atoms with E-state index in [0.717, 1.165) is 17.5 Å². The van der Waals surface area contributed by atoms with Crippen molar-refractivity contribution in [3.63, 3.8) is 0 Å². The summed E-state index contributed by atoms with van der Waals surface area (Å²) in [5, 5.41) is 9.43. The second-order valence-corrected chi connectivity index (χ2v) is 5.94. The number of aliphatic hydroxyl groups is 1. The molecule has 1 rings (SSSR count). The summed E-state index contributed by atoms with van der Waals surface area (Å²) in [6.45, 7) is 9.93. The number of aliphatic hydroxyl groups excluding tert-OH is 1. The first-order valence-electron chi connectivity index (χ1n) is 7.43. The lowest BCUT2D eigenvalue weighted by Crippen LogP contribution is -2.42. The van der Waals surface area contributed by atoms with Gasteiger partial charge in [0.1, 0.15) is 0 Å². The third-order valence-corrected chi connectivity index (χ3v) is 3.43. The molecule has 1 amide bonds. The number of aryl methyl sites for hydroxylation is 1. The number of rotatable bonds is 6. The lowest BCUT2D eigenvalue weighted by Gasteiger charge is -2.31. The van der Waals surface area contributed by atoms with Gasteiger partial charge in [0, 0.05) is 17.6 Å². The van der Waals surface area contributed by atoms with Gasteiger partial charge in [0.15, 0.2) is 0 Å². The maximum absolute atomic E-state index is 12.8. The van der Waals surface area contributed by atoms with Crippen LogP contribution in [0, 0.1) is 0 Å². The van der Waals surface area contributed by atoms with Gasteiger partial charge in [-0.25, -0.2) is 0 Å². The van der Waals surface area contributed by atoms with Crippen LogP contribution >= 0.6 is 0 Å². The van der Waals surface area contributed by atoms with Gasteiger partial charge in [-0.15, -0.1) is 0 Å². The molecule has 0 aliphatic carbocycles. The fourth-order valence-electron chi connectivity index (χ4n) is 2.52. The highest BCUT2D eigenvalue weighted by Gasteiger charge is 2.23. The summed E-state index contributed by atoms with van der Waals surface area (Å²) in [6, 6.07) is 8.06. The Morgan fingerprint density at radius 2 is 1.65 bits per heavy atom. The fraction of sp³-hybridized carbons (Fsp3) is 0.588. The quantitative estimate of drug-likeness (QED) is 0.867. The van der Waals surface area contributed by atoms with Crippen molar-refractivity contribution in [2.75, 3.05) is 0 Å². The molecule has 0 aromatic heterocycles. The van der Waals surface area contributed by atoms with Crippen LogP contribution in [0.5, 0.6) is 0 Å². The first kappa shape index (κ1) is 16.7. The molecule has 0 saturated carbocycles. The highest BCUT2D eigenvalue weighted by atomic mass is 16.3. The van der Waals surface area contributed by atoms with Gasteiger partial charge < -0.3 is 10.0 Å². The van der Waals surface area contributed by atoms with Gasteiger partial charge >= 0.3 is 0 Å². The fourth-order valence-corrected chi connectivity index (χ4v) is 2.52. The number of amides is 1. The summed E-state index contributed by atoms with van der Waals surface area (Å²) >= 11 is 0. The van der Waals surface area contributed by atoms with Crippen molar-refractivity contribution in [1.29, 1.82) is 0 Å². The molecule has 0 aliphatic heterocycles. The van der Waals surface area contributed by atoms with Gasteiger partial charge in [0.25, 0.3) is 5.91 Å². The second kappa shape index (κ2) is 7.44. The van der Waals surface area contributed by atoms with Gasteiger partial charge in [-0.05, 0) is 59.1 Å². The minimum Gasteiger partial charge on any atom is -0.393 e. The van der Waals surface area contributed by atoms with Gasteiger partial charge in [-0.2, -0.15) is 0 Å². The molecular weight excluding hydrogens is 250 g/mol. The average Bonchev–Trinajstić information content (AvgIpc) is 2.35. The Hall–Kier alpha value is -1.35. The first-order chi connectivity index (χ1) is 9.34. The summed E-state index contributed by atoms with van der Waals surface area (Å²) in [6.07, 6.45) is 1.06. The molecule has 0 radical (unpaired) electrons. The van der Waals surface area contributed by atoms with Gasteiger partial charge in [-0.3, -0.25) is 4.79 Å². The molecule has 0 heterocycles. The van der Waals surface area contributed by atoms with Crippen LogP contribution in [0.2, 0.25) is 0 Å². The van der Waals surface area contributed by atoms with Crippen molar-refractivity contribution < 1.29 is 9.90 Å². The Labute approximate surface area is 122 Å². The normalized spacial score (nSPS) is 12.8. The van der Waals surface area contributed by atoms with Gasteiger partial charge in [0.05, 0.1) is 6.10 Å². The molecule has 3 heteroatoms. The van der Waals surface area contributed by atoms with E-state index in [1.54, 1.807) is 6.92 Å². The van der Waals surface area contributed by atoms with E-state index in [9.17, 15) is 9.90 Å². The Balaban J connectivity index is 3.02. The van der Waals surface area contributed by atoms with Crippen LogP contribution in [0.3, 0.4) is 0 Å². The molecule has 1 unspecified atom stereocenters. The maximum atomic E-state index is 12.8. The van der Waals surface area contributed by atoms with Gasteiger partial charge in [0.2, 0.25) is 0 Å². The maximum Gasteiger partial charge on any atom is 0.254 e. The predicted octanol–water partition coefficient (Wildman–Crippen LogP) is 3.26. The van der Waals surface area contributed by atoms with E-state index >= 15 is 0 Å². The molecule has 0 saturated heterocycles. The van der Waals surface area contributed by atoms with E-state index in [0.29, 0.717) is 6.42 Å². The van der Waals surface area contributed by atoms with Gasteiger partial charge in [-0.1, -0.05) is 18.2 Å². The number of hydrogen-bond donors (Lipinski definition) is 1. The Morgan fingerprint density at radius 3 is 2.15 bits per heavy atom. The minimum atomic E-state index is -0.343. The van der Waals surface area contributed by atoms with Crippen LogP contribution in [-0.2, 0) is 6.42 Å². The molecule has 1 aromatic carbocycles. The number of benzene rings is 1. The van der Waals surface area contributed by atoms with Crippen LogP contribution in [0.25, 0.3) is 0 Å². The molecule has 3 nitrogen and oxygen atoms in total. The molecule has 0 aliphatic rings. The predicted molar refractivity (Wildman–Crippen MR) is 82.9 cm³/mol. The zero-order valence-corrected chi connectivity index (χ0v) is 13.3. The van der Waals surface area contributed by atoms with E-state index in [2.05, 4.69) is 0 Å². The monoisotopic (exact) mass is 277 g/mol. The third-order valence-electron chi connectivity index (χ3n) is 3.43. The Bertz CT molecular complexity index is 430. The minimum absolute atomic E-state index is 0.0798. The van der Waals surface area contributed by atoms with Crippen molar-refractivity contribution >= 4 is 5.91 Å². The molecule has 0 bridgehead atoms. The van der Waals surface area contributed by atoms with E-state index in [1.807, 2.05) is 56.9 Å². The van der Waals surface area contributed by atoms with Crippen LogP contribution in [0.4, 0.5) is 0 Å². The standard InChI is InChI=1S/C17H27NO2/c1-12(2)18(13(3)4)17(20)16-9-7-6-8-15(16)11-10-14(5)19/h6-9,12-14,19H,10-11H2,1-5H3. The summed E-state index contributed by atoms with van der Waals surface area (Å²) in [4.78, 5) is 14.7.